The molecule has 1 unspecified atom stereocenters. The molecule has 3 aromatic rings. The molecule has 7 nitrogen and oxygen atoms in total. The molecule has 0 bridgehead atoms. The fourth-order valence-corrected chi connectivity index (χ4v) is 5.72. The van der Waals surface area contributed by atoms with Crippen LogP contribution in [0.4, 0.5) is 5.69 Å². The number of hydrogen-bond donors (Lipinski definition) is 1. The predicted molar refractivity (Wildman–Crippen MR) is 113 cm³/mol. The normalized spacial score (nSPS) is 18.2. The molecule has 1 fully saturated rings. The van der Waals surface area contributed by atoms with E-state index in [1.54, 1.807) is 12.0 Å². The van der Waals surface area contributed by atoms with Crippen LogP contribution in [0.2, 0.25) is 0 Å². The van der Waals surface area contributed by atoms with Gasteiger partial charge in [-0.15, -0.1) is 0 Å². The zero-order chi connectivity index (χ0) is 20.6. The lowest BCUT2D eigenvalue weighted by molar-refractivity contribution is -0.130. The van der Waals surface area contributed by atoms with Crippen LogP contribution in [0.15, 0.2) is 40.8 Å². The Hall–Kier alpha value is -2.74. The Labute approximate surface area is 169 Å². The molecule has 2 heterocycles. The zero-order valence-electron chi connectivity index (χ0n) is 16.5. The second-order valence-electron chi connectivity index (χ2n) is 7.24. The van der Waals surface area contributed by atoms with Gasteiger partial charge in [-0.25, -0.2) is 8.42 Å². The highest BCUT2D eigenvalue weighted by atomic mass is 32.2. The minimum atomic E-state index is -3.05. The minimum absolute atomic E-state index is 0.0425. The van der Waals surface area contributed by atoms with Crippen molar-refractivity contribution in [1.29, 1.82) is 0 Å². The molecular weight excluding hydrogens is 392 g/mol. The average molecular weight is 416 g/mol. The molecule has 1 atom stereocenters. The van der Waals surface area contributed by atoms with Crippen LogP contribution < -0.4 is 10.1 Å². The van der Waals surface area contributed by atoms with Crippen molar-refractivity contribution in [2.24, 2.45) is 0 Å². The average Bonchev–Trinajstić information content (AvgIpc) is 3.25. The summed E-state index contributed by atoms with van der Waals surface area (Å²) in [6.45, 7) is 2.39. The number of fused-ring (bicyclic) bond motifs is 3. The number of nitrogens with zero attached hydrogens (tertiary/aromatic N) is 1. The summed E-state index contributed by atoms with van der Waals surface area (Å²) in [5.74, 6) is 0.663. The van der Waals surface area contributed by atoms with Gasteiger partial charge in [-0.1, -0.05) is 18.2 Å². The molecular formula is C21H24N2O5S. The standard InChI is InChI=1S/C21H24N2O5S/c1-3-23(14-8-9-29(25,26)13-14)21(24)12-22-17-11-19-16(10-20(17)27-2)15-6-4-5-7-18(15)28-19/h4-7,10-11,14,22H,3,8-9,12-13H2,1-2H3. The van der Waals surface area contributed by atoms with Crippen molar-refractivity contribution in [2.45, 2.75) is 19.4 Å². The number of sulfone groups is 1. The van der Waals surface area contributed by atoms with Crippen LogP contribution in [0.5, 0.6) is 5.75 Å². The molecule has 4 rings (SSSR count). The van der Waals surface area contributed by atoms with E-state index in [9.17, 15) is 13.2 Å². The first kappa shape index (κ1) is 19.6. The van der Waals surface area contributed by atoms with E-state index in [0.717, 1.165) is 16.4 Å². The molecule has 0 aliphatic carbocycles. The van der Waals surface area contributed by atoms with E-state index in [2.05, 4.69) is 5.32 Å². The van der Waals surface area contributed by atoms with Crippen molar-refractivity contribution in [2.75, 3.05) is 37.0 Å². The summed E-state index contributed by atoms with van der Waals surface area (Å²) in [4.78, 5) is 14.4. The lowest BCUT2D eigenvalue weighted by atomic mass is 10.1. The Kier molecular flexibility index (Phi) is 5.12. The largest absolute Gasteiger partial charge is 0.495 e. The van der Waals surface area contributed by atoms with Crippen LogP contribution in [0, 0.1) is 0 Å². The van der Waals surface area contributed by atoms with Gasteiger partial charge in [-0.3, -0.25) is 4.79 Å². The summed E-state index contributed by atoms with van der Waals surface area (Å²) in [7, 11) is -1.46. The molecule has 154 valence electrons. The summed E-state index contributed by atoms with van der Waals surface area (Å²) in [6, 6.07) is 11.3. The van der Waals surface area contributed by atoms with E-state index in [1.807, 2.05) is 43.3 Å². The maximum atomic E-state index is 12.8. The summed E-state index contributed by atoms with van der Waals surface area (Å²) in [6.07, 6.45) is 0.496. The van der Waals surface area contributed by atoms with Crippen LogP contribution in [0.25, 0.3) is 21.9 Å². The van der Waals surface area contributed by atoms with Crippen molar-refractivity contribution >= 4 is 43.4 Å². The van der Waals surface area contributed by atoms with Gasteiger partial charge in [-0.05, 0) is 25.5 Å². The van der Waals surface area contributed by atoms with E-state index >= 15 is 0 Å². The molecule has 29 heavy (non-hydrogen) atoms. The van der Waals surface area contributed by atoms with Gasteiger partial charge < -0.3 is 19.4 Å². The van der Waals surface area contributed by atoms with Crippen LogP contribution in [-0.2, 0) is 14.6 Å². The van der Waals surface area contributed by atoms with Gasteiger partial charge in [0.25, 0.3) is 0 Å². The van der Waals surface area contributed by atoms with E-state index in [4.69, 9.17) is 9.15 Å². The maximum Gasteiger partial charge on any atom is 0.242 e. The first-order chi connectivity index (χ1) is 13.9. The molecule has 1 N–H and O–H groups in total. The number of para-hydroxylation sites is 1. The lowest BCUT2D eigenvalue weighted by Gasteiger charge is -2.27. The number of methoxy groups -OCH3 is 1. The predicted octanol–water partition coefficient (Wildman–Crippen LogP) is 3.04. The molecule has 1 saturated heterocycles. The number of rotatable bonds is 6. The van der Waals surface area contributed by atoms with Gasteiger partial charge in [0.2, 0.25) is 5.91 Å². The topological polar surface area (TPSA) is 88.8 Å². The second-order valence-corrected chi connectivity index (χ2v) is 9.47. The summed E-state index contributed by atoms with van der Waals surface area (Å²) in [5, 5.41) is 5.08. The molecule has 0 radical (unpaired) electrons. The number of anilines is 1. The molecule has 0 saturated carbocycles. The summed E-state index contributed by atoms with van der Waals surface area (Å²) in [5.41, 5.74) is 2.15. The van der Waals surface area contributed by atoms with Crippen molar-refractivity contribution in [3.63, 3.8) is 0 Å². The monoisotopic (exact) mass is 416 g/mol. The third-order valence-electron chi connectivity index (χ3n) is 5.44. The first-order valence-corrected chi connectivity index (χ1v) is 11.5. The summed E-state index contributed by atoms with van der Waals surface area (Å²) >= 11 is 0. The smallest absolute Gasteiger partial charge is 0.242 e. The van der Waals surface area contributed by atoms with Crippen LogP contribution >= 0.6 is 0 Å². The third kappa shape index (κ3) is 3.76. The summed E-state index contributed by atoms with van der Waals surface area (Å²) < 4.78 is 35.0. The van der Waals surface area contributed by atoms with Crippen molar-refractivity contribution in [3.05, 3.63) is 36.4 Å². The van der Waals surface area contributed by atoms with E-state index in [-0.39, 0.29) is 30.0 Å². The Balaban J connectivity index is 1.55. The van der Waals surface area contributed by atoms with Crippen LogP contribution in [0.3, 0.4) is 0 Å². The van der Waals surface area contributed by atoms with Gasteiger partial charge in [0.15, 0.2) is 9.84 Å². The lowest BCUT2D eigenvalue weighted by Crippen LogP contribution is -2.43. The van der Waals surface area contributed by atoms with Crippen LogP contribution in [-0.4, -0.2) is 57.0 Å². The number of nitrogens with one attached hydrogen (secondary N) is 1. The highest BCUT2D eigenvalue weighted by Crippen LogP contribution is 2.36. The number of ether oxygens (including phenoxy) is 1. The number of hydrogen-bond acceptors (Lipinski definition) is 6. The van der Waals surface area contributed by atoms with E-state index in [1.165, 1.54) is 0 Å². The van der Waals surface area contributed by atoms with Crippen molar-refractivity contribution < 1.29 is 22.4 Å². The second kappa shape index (κ2) is 7.59. The minimum Gasteiger partial charge on any atom is -0.495 e. The third-order valence-corrected chi connectivity index (χ3v) is 7.19. The number of benzene rings is 2. The van der Waals surface area contributed by atoms with Gasteiger partial charge >= 0.3 is 0 Å². The van der Waals surface area contributed by atoms with Gasteiger partial charge in [0, 0.05) is 29.4 Å². The molecule has 0 spiro atoms. The molecule has 8 heteroatoms. The number of carbonyl (C=O) groups excluding carboxylic acids is 1. The Morgan fingerprint density at radius 3 is 2.72 bits per heavy atom. The zero-order valence-corrected chi connectivity index (χ0v) is 17.3. The first-order valence-electron chi connectivity index (χ1n) is 9.65. The van der Waals surface area contributed by atoms with Crippen molar-refractivity contribution in [3.8, 4) is 5.75 Å². The highest BCUT2D eigenvalue weighted by Gasteiger charge is 2.33. The Morgan fingerprint density at radius 2 is 2.03 bits per heavy atom. The fourth-order valence-electron chi connectivity index (χ4n) is 3.99. The van der Waals surface area contributed by atoms with E-state index in [0.29, 0.717) is 30.0 Å². The molecule has 2 aromatic carbocycles. The highest BCUT2D eigenvalue weighted by molar-refractivity contribution is 7.91. The number of carbonyl (C=O) groups is 1. The number of furan rings is 1. The van der Waals surface area contributed by atoms with E-state index < -0.39 is 9.84 Å². The molecule has 1 amide bonds. The fraction of sp³-hybridized carbons (Fsp3) is 0.381. The molecule has 1 aliphatic rings. The van der Waals surface area contributed by atoms with Crippen LogP contribution in [0.1, 0.15) is 13.3 Å². The SMILES string of the molecule is CCN(C(=O)CNc1cc2oc3ccccc3c2cc1OC)C1CCS(=O)(=O)C1. The van der Waals surface area contributed by atoms with Gasteiger partial charge in [-0.2, -0.15) is 0 Å². The maximum absolute atomic E-state index is 12.8. The Morgan fingerprint density at radius 1 is 1.24 bits per heavy atom. The number of likely N-dealkylation sites (N-methyl/N-ethyl adjacent to an activating group) is 1. The van der Waals surface area contributed by atoms with Gasteiger partial charge in [0.05, 0.1) is 30.8 Å². The quantitative estimate of drug-likeness (QED) is 0.664. The molecule has 1 aromatic heterocycles. The van der Waals surface area contributed by atoms with Crippen molar-refractivity contribution in [1.82, 2.24) is 4.90 Å². The molecule has 1 aliphatic heterocycles. The Bertz CT molecular complexity index is 1170. The number of amides is 1. The van der Waals surface area contributed by atoms with Gasteiger partial charge in [0.1, 0.15) is 16.9 Å².